The summed E-state index contributed by atoms with van der Waals surface area (Å²) >= 11 is 5.91. The van der Waals surface area contributed by atoms with Gasteiger partial charge in [-0.3, -0.25) is 0 Å². The molecular formula is C13H17ClFN. The van der Waals surface area contributed by atoms with Crippen LogP contribution in [-0.4, -0.2) is 5.54 Å². The van der Waals surface area contributed by atoms with Gasteiger partial charge in [-0.25, -0.2) is 4.39 Å². The van der Waals surface area contributed by atoms with E-state index in [2.05, 4.69) is 12.2 Å². The van der Waals surface area contributed by atoms with Crippen molar-refractivity contribution >= 4 is 11.6 Å². The minimum atomic E-state index is -0.333. The number of benzene rings is 1. The summed E-state index contributed by atoms with van der Waals surface area (Å²) in [5.74, 6) is -0.333. The Morgan fingerprint density at radius 1 is 1.44 bits per heavy atom. The molecule has 1 nitrogen and oxygen atoms in total. The molecular weight excluding hydrogens is 225 g/mol. The molecule has 1 fully saturated rings. The van der Waals surface area contributed by atoms with Gasteiger partial charge in [0.15, 0.2) is 0 Å². The average molecular weight is 242 g/mol. The van der Waals surface area contributed by atoms with Crippen LogP contribution in [0.25, 0.3) is 0 Å². The third-order valence-corrected chi connectivity index (χ3v) is 4.10. The van der Waals surface area contributed by atoms with E-state index in [9.17, 15) is 4.39 Å². The van der Waals surface area contributed by atoms with Gasteiger partial charge in [-0.2, -0.15) is 0 Å². The summed E-state index contributed by atoms with van der Waals surface area (Å²) in [4.78, 5) is 0. The molecule has 0 aliphatic heterocycles. The summed E-state index contributed by atoms with van der Waals surface area (Å²) < 4.78 is 13.2. The molecule has 0 saturated heterocycles. The molecule has 16 heavy (non-hydrogen) atoms. The van der Waals surface area contributed by atoms with Crippen LogP contribution in [0.4, 0.5) is 4.39 Å². The van der Waals surface area contributed by atoms with Crippen molar-refractivity contribution in [3.63, 3.8) is 0 Å². The van der Waals surface area contributed by atoms with Gasteiger partial charge in [0.2, 0.25) is 0 Å². The lowest BCUT2D eigenvalue weighted by atomic mass is 9.75. The molecule has 1 aliphatic rings. The van der Waals surface area contributed by atoms with Crippen molar-refractivity contribution in [3.8, 4) is 0 Å². The molecule has 0 radical (unpaired) electrons. The zero-order chi connectivity index (χ0) is 11.6. The molecule has 1 saturated carbocycles. The summed E-state index contributed by atoms with van der Waals surface area (Å²) in [5, 5.41) is 3.77. The van der Waals surface area contributed by atoms with Crippen LogP contribution >= 0.6 is 11.6 Å². The van der Waals surface area contributed by atoms with Crippen molar-refractivity contribution in [2.45, 2.75) is 44.7 Å². The highest BCUT2D eigenvalue weighted by Gasteiger charge is 2.34. The van der Waals surface area contributed by atoms with E-state index < -0.39 is 0 Å². The van der Waals surface area contributed by atoms with Gasteiger partial charge in [0.1, 0.15) is 5.82 Å². The Morgan fingerprint density at radius 2 is 2.19 bits per heavy atom. The Bertz CT molecular complexity index is 369. The van der Waals surface area contributed by atoms with Crippen LogP contribution in [0, 0.1) is 5.82 Å². The van der Waals surface area contributed by atoms with Gasteiger partial charge in [0.05, 0.1) is 5.02 Å². The van der Waals surface area contributed by atoms with E-state index in [4.69, 9.17) is 11.6 Å². The van der Waals surface area contributed by atoms with Crippen LogP contribution in [0.5, 0.6) is 0 Å². The number of nitrogens with one attached hydrogen (secondary N) is 1. The third-order valence-electron chi connectivity index (χ3n) is 3.67. The predicted octanol–water partition coefficient (Wildman–Crippen LogP) is 3.90. The Balaban J connectivity index is 2.02. The predicted molar refractivity (Wildman–Crippen MR) is 65.1 cm³/mol. The summed E-state index contributed by atoms with van der Waals surface area (Å²) in [6.07, 6.45) is 4.85. The smallest absolute Gasteiger partial charge is 0.142 e. The van der Waals surface area contributed by atoms with E-state index in [-0.39, 0.29) is 16.4 Å². The maximum Gasteiger partial charge on any atom is 0.142 e. The number of hydrogen-bond acceptors (Lipinski definition) is 1. The van der Waals surface area contributed by atoms with E-state index in [0.717, 1.165) is 12.0 Å². The topological polar surface area (TPSA) is 12.0 Å². The number of rotatable bonds is 4. The molecule has 1 aromatic rings. The Hall–Kier alpha value is -0.600. The van der Waals surface area contributed by atoms with Gasteiger partial charge >= 0.3 is 0 Å². The first kappa shape index (κ1) is 11.9. The lowest BCUT2D eigenvalue weighted by Gasteiger charge is -2.42. The molecule has 0 aromatic heterocycles. The zero-order valence-corrected chi connectivity index (χ0v) is 10.3. The van der Waals surface area contributed by atoms with Crippen LogP contribution in [0.15, 0.2) is 18.2 Å². The van der Waals surface area contributed by atoms with Crippen molar-refractivity contribution in [2.75, 3.05) is 0 Å². The van der Waals surface area contributed by atoms with Crippen LogP contribution in [0.3, 0.4) is 0 Å². The second-order valence-corrected chi connectivity index (χ2v) is 4.93. The normalized spacial score (nSPS) is 18.2. The molecule has 1 aliphatic carbocycles. The summed E-state index contributed by atoms with van der Waals surface area (Å²) in [6, 6.07) is 4.98. The van der Waals surface area contributed by atoms with Crippen molar-refractivity contribution < 1.29 is 4.39 Å². The van der Waals surface area contributed by atoms with Crippen molar-refractivity contribution in [2.24, 2.45) is 0 Å². The van der Waals surface area contributed by atoms with E-state index >= 15 is 0 Å². The molecule has 0 atom stereocenters. The highest BCUT2D eigenvalue weighted by Crippen LogP contribution is 2.35. The fourth-order valence-corrected chi connectivity index (χ4v) is 2.42. The van der Waals surface area contributed by atoms with Crippen LogP contribution < -0.4 is 5.32 Å². The first-order chi connectivity index (χ1) is 7.67. The Kier molecular flexibility index (Phi) is 3.50. The van der Waals surface area contributed by atoms with E-state index in [1.54, 1.807) is 6.07 Å². The van der Waals surface area contributed by atoms with Gasteiger partial charge < -0.3 is 5.32 Å². The number of hydrogen-bond donors (Lipinski definition) is 1. The van der Waals surface area contributed by atoms with E-state index in [0.29, 0.717) is 6.54 Å². The fraction of sp³-hybridized carbons (Fsp3) is 0.538. The second-order valence-electron chi connectivity index (χ2n) is 4.55. The molecule has 0 unspecified atom stereocenters. The first-order valence-electron chi connectivity index (χ1n) is 5.85. The third kappa shape index (κ3) is 2.23. The van der Waals surface area contributed by atoms with Crippen molar-refractivity contribution in [1.82, 2.24) is 5.32 Å². The molecule has 0 bridgehead atoms. The van der Waals surface area contributed by atoms with Gasteiger partial charge in [-0.1, -0.05) is 30.7 Å². The first-order valence-corrected chi connectivity index (χ1v) is 6.22. The average Bonchev–Trinajstić information content (AvgIpc) is 2.23. The lowest BCUT2D eigenvalue weighted by molar-refractivity contribution is 0.175. The van der Waals surface area contributed by atoms with E-state index in [1.165, 1.54) is 25.3 Å². The van der Waals surface area contributed by atoms with Gasteiger partial charge in [-0.05, 0) is 37.3 Å². The fourth-order valence-electron chi connectivity index (χ4n) is 2.23. The van der Waals surface area contributed by atoms with Crippen molar-refractivity contribution in [1.29, 1.82) is 0 Å². The maximum atomic E-state index is 13.2. The highest BCUT2D eigenvalue weighted by molar-refractivity contribution is 6.31. The monoisotopic (exact) mass is 241 g/mol. The van der Waals surface area contributed by atoms with Crippen LogP contribution in [0.1, 0.15) is 38.2 Å². The molecule has 2 rings (SSSR count). The van der Waals surface area contributed by atoms with Gasteiger partial charge in [-0.15, -0.1) is 0 Å². The zero-order valence-electron chi connectivity index (χ0n) is 9.52. The highest BCUT2D eigenvalue weighted by atomic mass is 35.5. The summed E-state index contributed by atoms with van der Waals surface area (Å²) in [6.45, 7) is 2.85. The van der Waals surface area contributed by atoms with Crippen LogP contribution in [0.2, 0.25) is 5.02 Å². The SMILES string of the molecule is CCC1(NCc2cccc(F)c2Cl)CCC1. The van der Waals surface area contributed by atoms with Crippen LogP contribution in [-0.2, 0) is 6.54 Å². The quantitative estimate of drug-likeness (QED) is 0.843. The molecule has 1 N–H and O–H groups in total. The standard InChI is InChI=1S/C13H17ClFN/c1-2-13(7-4-8-13)16-9-10-5-3-6-11(15)12(10)14/h3,5-6,16H,2,4,7-9H2,1H3. The maximum absolute atomic E-state index is 13.2. The lowest BCUT2D eigenvalue weighted by Crippen LogP contribution is -2.49. The molecule has 0 heterocycles. The minimum Gasteiger partial charge on any atom is -0.307 e. The molecule has 0 amide bonds. The van der Waals surface area contributed by atoms with E-state index in [1.807, 2.05) is 6.07 Å². The molecule has 0 spiro atoms. The summed E-state index contributed by atoms with van der Waals surface area (Å²) in [5.41, 5.74) is 1.12. The number of halogens is 2. The summed E-state index contributed by atoms with van der Waals surface area (Å²) in [7, 11) is 0. The Morgan fingerprint density at radius 3 is 2.75 bits per heavy atom. The largest absolute Gasteiger partial charge is 0.307 e. The molecule has 3 heteroatoms. The van der Waals surface area contributed by atoms with Gasteiger partial charge in [0.25, 0.3) is 0 Å². The molecule has 1 aromatic carbocycles. The van der Waals surface area contributed by atoms with Crippen molar-refractivity contribution in [3.05, 3.63) is 34.6 Å². The van der Waals surface area contributed by atoms with Gasteiger partial charge in [0, 0.05) is 12.1 Å². The second kappa shape index (κ2) is 4.72. The minimum absolute atomic E-state index is 0.251. The molecule has 88 valence electrons. The Labute approximate surface area is 101 Å².